The van der Waals surface area contributed by atoms with Crippen LogP contribution in [0.2, 0.25) is 0 Å². The molecule has 0 bridgehead atoms. The van der Waals surface area contributed by atoms with Crippen molar-refractivity contribution in [3.05, 3.63) is 0 Å². The minimum absolute atomic E-state index is 0.491. The van der Waals surface area contributed by atoms with Gasteiger partial charge in [-0.1, -0.05) is 19.8 Å². The van der Waals surface area contributed by atoms with E-state index in [1.165, 1.54) is 0 Å². The summed E-state index contributed by atoms with van der Waals surface area (Å²) in [5.41, 5.74) is 0. The van der Waals surface area contributed by atoms with Gasteiger partial charge in [0, 0.05) is 13.1 Å². The summed E-state index contributed by atoms with van der Waals surface area (Å²) in [6.07, 6.45) is 5.65. The average Bonchev–Trinajstić information content (AvgIpc) is 2.78. The maximum atomic E-state index is 12.7. The van der Waals surface area contributed by atoms with Crippen molar-refractivity contribution >= 4 is 16.0 Å². The Morgan fingerprint density at radius 1 is 1.15 bits per heavy atom. The number of carbonyl (C=O) groups is 1. The Kier molecular flexibility index (Phi) is 5.07. The maximum absolute atomic E-state index is 12.7. The van der Waals surface area contributed by atoms with Crippen LogP contribution in [-0.4, -0.2) is 42.1 Å². The molecule has 3 atom stereocenters. The summed E-state index contributed by atoms with van der Waals surface area (Å²) in [5.74, 6) is -1.07. The van der Waals surface area contributed by atoms with Crippen LogP contribution in [0.3, 0.4) is 0 Å². The summed E-state index contributed by atoms with van der Waals surface area (Å²) < 4.78 is 27.0. The molecule has 1 heterocycles. The van der Waals surface area contributed by atoms with Gasteiger partial charge >= 0.3 is 5.97 Å². The summed E-state index contributed by atoms with van der Waals surface area (Å²) in [5, 5.41) is 8.49. The van der Waals surface area contributed by atoms with Gasteiger partial charge in [0.15, 0.2) is 0 Å². The highest BCUT2D eigenvalue weighted by Gasteiger charge is 2.44. The second kappa shape index (κ2) is 6.43. The Morgan fingerprint density at radius 2 is 1.90 bits per heavy atom. The molecule has 1 saturated heterocycles. The first-order valence-corrected chi connectivity index (χ1v) is 9.19. The number of carboxylic acids is 1. The Hall–Kier alpha value is -0.620. The van der Waals surface area contributed by atoms with E-state index in [0.717, 1.165) is 25.7 Å². The predicted molar refractivity (Wildman–Crippen MR) is 76.9 cm³/mol. The average molecular weight is 303 g/mol. The van der Waals surface area contributed by atoms with E-state index in [0.29, 0.717) is 38.3 Å². The van der Waals surface area contributed by atoms with E-state index in [9.17, 15) is 18.3 Å². The van der Waals surface area contributed by atoms with Gasteiger partial charge < -0.3 is 5.11 Å². The minimum Gasteiger partial charge on any atom is -0.481 e. The Labute approximate surface area is 121 Å². The zero-order valence-electron chi connectivity index (χ0n) is 12.1. The lowest BCUT2D eigenvalue weighted by molar-refractivity contribution is -0.141. The SMILES string of the molecule is CCC1CCCN(S(=O)(=O)C2CCCC2C(=O)O)CC1. The number of nitrogens with zero attached hydrogens (tertiary/aromatic N) is 1. The van der Waals surface area contributed by atoms with Crippen molar-refractivity contribution in [1.29, 1.82) is 0 Å². The summed E-state index contributed by atoms with van der Waals surface area (Å²) in [6.45, 7) is 3.26. The van der Waals surface area contributed by atoms with Gasteiger partial charge in [-0.05, 0) is 38.0 Å². The highest BCUT2D eigenvalue weighted by atomic mass is 32.2. The van der Waals surface area contributed by atoms with E-state index in [2.05, 4.69) is 6.92 Å². The quantitative estimate of drug-likeness (QED) is 0.863. The third-order valence-corrected chi connectivity index (χ3v) is 7.31. The van der Waals surface area contributed by atoms with Crippen LogP contribution in [-0.2, 0) is 14.8 Å². The van der Waals surface area contributed by atoms with Crippen molar-refractivity contribution in [3.63, 3.8) is 0 Å². The van der Waals surface area contributed by atoms with Crippen LogP contribution in [0.4, 0.5) is 0 Å². The molecular weight excluding hydrogens is 278 g/mol. The fraction of sp³-hybridized carbons (Fsp3) is 0.929. The smallest absolute Gasteiger partial charge is 0.307 e. The number of hydrogen-bond donors (Lipinski definition) is 1. The number of sulfonamides is 1. The molecule has 116 valence electrons. The number of aliphatic carboxylic acids is 1. The number of carboxylic acid groups (broad SMARTS) is 1. The molecule has 1 aliphatic carbocycles. The molecule has 0 aromatic heterocycles. The topological polar surface area (TPSA) is 74.7 Å². The molecule has 5 nitrogen and oxygen atoms in total. The molecule has 20 heavy (non-hydrogen) atoms. The molecule has 2 aliphatic rings. The van der Waals surface area contributed by atoms with Crippen molar-refractivity contribution in [2.24, 2.45) is 11.8 Å². The molecular formula is C14H25NO4S. The highest BCUT2D eigenvalue weighted by molar-refractivity contribution is 7.89. The Balaban J connectivity index is 2.11. The van der Waals surface area contributed by atoms with E-state index in [-0.39, 0.29) is 0 Å². The lowest BCUT2D eigenvalue weighted by Crippen LogP contribution is -2.42. The zero-order chi connectivity index (χ0) is 14.8. The molecule has 0 spiro atoms. The van der Waals surface area contributed by atoms with Gasteiger partial charge in [-0.25, -0.2) is 12.7 Å². The van der Waals surface area contributed by atoms with Gasteiger partial charge in [0.05, 0.1) is 11.2 Å². The molecule has 0 radical (unpaired) electrons. The third-order valence-electron chi connectivity index (χ3n) is 4.90. The maximum Gasteiger partial charge on any atom is 0.307 e. The van der Waals surface area contributed by atoms with E-state index in [1.807, 2.05) is 0 Å². The molecule has 0 aromatic rings. The summed E-state index contributed by atoms with van der Waals surface area (Å²) in [4.78, 5) is 11.2. The van der Waals surface area contributed by atoms with E-state index < -0.39 is 27.2 Å². The van der Waals surface area contributed by atoms with Crippen LogP contribution < -0.4 is 0 Å². The first kappa shape index (κ1) is 15.8. The molecule has 6 heteroatoms. The van der Waals surface area contributed by atoms with Gasteiger partial charge in [-0.2, -0.15) is 0 Å². The van der Waals surface area contributed by atoms with Crippen LogP contribution >= 0.6 is 0 Å². The second-order valence-corrected chi connectivity index (χ2v) is 8.22. The van der Waals surface area contributed by atoms with Gasteiger partial charge in [0.25, 0.3) is 0 Å². The largest absolute Gasteiger partial charge is 0.481 e. The van der Waals surface area contributed by atoms with Gasteiger partial charge in [-0.15, -0.1) is 0 Å². The van der Waals surface area contributed by atoms with Crippen molar-refractivity contribution in [2.75, 3.05) is 13.1 Å². The molecule has 1 aliphatic heterocycles. The molecule has 3 unspecified atom stereocenters. The standard InChI is InChI=1S/C14H25NO4S/c1-2-11-5-4-9-15(10-8-11)20(18,19)13-7-3-6-12(13)14(16)17/h11-13H,2-10H2,1H3,(H,16,17). The predicted octanol–water partition coefficient (Wildman–Crippen LogP) is 2.08. The monoisotopic (exact) mass is 303 g/mol. The fourth-order valence-electron chi connectivity index (χ4n) is 3.56. The summed E-state index contributed by atoms with van der Waals surface area (Å²) >= 11 is 0. The van der Waals surface area contributed by atoms with Crippen LogP contribution in [0, 0.1) is 11.8 Å². The zero-order valence-corrected chi connectivity index (χ0v) is 12.9. The molecule has 1 saturated carbocycles. The van der Waals surface area contributed by atoms with Crippen molar-refractivity contribution in [1.82, 2.24) is 4.31 Å². The van der Waals surface area contributed by atoms with Crippen molar-refractivity contribution < 1.29 is 18.3 Å². The van der Waals surface area contributed by atoms with E-state index in [1.54, 1.807) is 4.31 Å². The lowest BCUT2D eigenvalue weighted by atomic mass is 9.98. The summed E-state index contributed by atoms with van der Waals surface area (Å²) in [7, 11) is -3.46. The molecule has 0 aromatic carbocycles. The van der Waals surface area contributed by atoms with Crippen molar-refractivity contribution in [2.45, 2.75) is 57.1 Å². The molecule has 0 amide bonds. The van der Waals surface area contributed by atoms with Crippen LogP contribution in [0.1, 0.15) is 51.9 Å². The third kappa shape index (κ3) is 3.17. The first-order chi connectivity index (χ1) is 9.46. The summed E-state index contributed by atoms with van der Waals surface area (Å²) in [6, 6.07) is 0. The second-order valence-electron chi connectivity index (χ2n) is 6.06. The fourth-order valence-corrected chi connectivity index (χ4v) is 5.82. The van der Waals surface area contributed by atoms with Gasteiger partial charge in [0.2, 0.25) is 10.0 Å². The lowest BCUT2D eigenvalue weighted by Gasteiger charge is -2.26. The minimum atomic E-state index is -3.46. The number of hydrogen-bond acceptors (Lipinski definition) is 3. The van der Waals surface area contributed by atoms with Crippen LogP contribution in [0.5, 0.6) is 0 Å². The first-order valence-electron chi connectivity index (χ1n) is 7.68. The van der Waals surface area contributed by atoms with Crippen LogP contribution in [0.25, 0.3) is 0 Å². The Bertz CT molecular complexity index is 448. The Morgan fingerprint density at radius 3 is 2.55 bits per heavy atom. The van der Waals surface area contributed by atoms with Gasteiger partial charge in [0.1, 0.15) is 0 Å². The van der Waals surface area contributed by atoms with E-state index >= 15 is 0 Å². The van der Waals surface area contributed by atoms with Gasteiger partial charge in [-0.3, -0.25) is 4.79 Å². The highest BCUT2D eigenvalue weighted by Crippen LogP contribution is 2.34. The molecule has 2 fully saturated rings. The molecule has 2 rings (SSSR count). The van der Waals surface area contributed by atoms with Crippen molar-refractivity contribution in [3.8, 4) is 0 Å². The normalized spacial score (nSPS) is 33.0. The van der Waals surface area contributed by atoms with E-state index in [4.69, 9.17) is 0 Å². The van der Waals surface area contributed by atoms with Crippen LogP contribution in [0.15, 0.2) is 0 Å². The molecule has 1 N–H and O–H groups in total. The number of rotatable bonds is 4.